The van der Waals surface area contributed by atoms with Crippen LogP contribution in [0, 0.1) is 0 Å². The first-order valence-corrected chi connectivity index (χ1v) is 5.99. The first kappa shape index (κ1) is 14.4. The van der Waals surface area contributed by atoms with E-state index in [1.165, 1.54) is 6.20 Å². The molecule has 0 aliphatic carbocycles. The number of hydrogen-bond donors (Lipinski definition) is 2. The largest absolute Gasteiger partial charge is 0.411 e. The fraction of sp³-hybridized carbons (Fsp3) is 0.308. The van der Waals surface area contributed by atoms with E-state index in [1.807, 2.05) is 24.3 Å². The smallest absolute Gasteiger partial charge is 0.396 e. The normalized spacial score (nSPS) is 11.8. The summed E-state index contributed by atoms with van der Waals surface area (Å²) in [7, 11) is 0. The van der Waals surface area contributed by atoms with Gasteiger partial charge in [0.2, 0.25) is 0 Å². The van der Waals surface area contributed by atoms with Gasteiger partial charge < -0.3 is 15.8 Å². The van der Waals surface area contributed by atoms with Gasteiger partial charge in [0.25, 0.3) is 0 Å². The molecule has 0 aliphatic heterocycles. The number of fused-ring (bicyclic) bond motifs is 1. The molecule has 0 unspecified atom stereocenters. The van der Waals surface area contributed by atoms with Crippen LogP contribution < -0.4 is 11.1 Å². The number of nitrogens with zero attached hydrogens (tertiary/aromatic N) is 1. The summed E-state index contributed by atoms with van der Waals surface area (Å²) in [4.78, 5) is 4.17. The Bertz CT molecular complexity index is 587. The van der Waals surface area contributed by atoms with E-state index in [1.54, 1.807) is 0 Å². The molecule has 0 amide bonds. The van der Waals surface area contributed by atoms with Crippen LogP contribution in [-0.2, 0) is 4.74 Å². The number of benzene rings is 1. The average molecular weight is 285 g/mol. The number of hydrogen-bond acceptors (Lipinski definition) is 4. The van der Waals surface area contributed by atoms with Crippen LogP contribution in [0.5, 0.6) is 0 Å². The van der Waals surface area contributed by atoms with Gasteiger partial charge in [-0.2, -0.15) is 13.2 Å². The Kier molecular flexibility index (Phi) is 4.29. The minimum absolute atomic E-state index is 0.0599. The van der Waals surface area contributed by atoms with Gasteiger partial charge in [-0.05, 0) is 6.07 Å². The van der Waals surface area contributed by atoms with E-state index in [0.717, 1.165) is 10.9 Å². The van der Waals surface area contributed by atoms with Gasteiger partial charge in [0.1, 0.15) is 6.61 Å². The first-order chi connectivity index (χ1) is 9.47. The highest BCUT2D eigenvalue weighted by atomic mass is 19.4. The summed E-state index contributed by atoms with van der Waals surface area (Å²) in [5.74, 6) is 0. The predicted molar refractivity (Wildman–Crippen MR) is 71.5 cm³/mol. The Morgan fingerprint density at radius 2 is 2.00 bits per heavy atom. The van der Waals surface area contributed by atoms with Crippen molar-refractivity contribution in [2.45, 2.75) is 6.18 Å². The zero-order chi connectivity index (χ0) is 14.6. The lowest BCUT2D eigenvalue weighted by molar-refractivity contribution is -0.172. The fourth-order valence-corrected chi connectivity index (χ4v) is 1.79. The molecule has 7 heteroatoms. The minimum Gasteiger partial charge on any atom is -0.396 e. The van der Waals surface area contributed by atoms with Gasteiger partial charge in [-0.15, -0.1) is 0 Å². The molecule has 0 aliphatic rings. The van der Waals surface area contributed by atoms with E-state index in [4.69, 9.17) is 5.73 Å². The molecule has 1 heterocycles. The number of rotatable bonds is 5. The highest BCUT2D eigenvalue weighted by Crippen LogP contribution is 2.27. The predicted octanol–water partition coefficient (Wildman–Crippen LogP) is 2.81. The molecule has 20 heavy (non-hydrogen) atoms. The molecule has 0 saturated heterocycles. The summed E-state index contributed by atoms with van der Waals surface area (Å²) >= 11 is 0. The topological polar surface area (TPSA) is 60.2 Å². The Morgan fingerprint density at radius 1 is 1.25 bits per heavy atom. The number of nitrogen functional groups attached to an aromatic ring is 1. The van der Waals surface area contributed by atoms with Crippen molar-refractivity contribution in [2.24, 2.45) is 0 Å². The van der Waals surface area contributed by atoms with Crippen molar-refractivity contribution in [3.05, 3.63) is 30.5 Å². The summed E-state index contributed by atoms with van der Waals surface area (Å²) in [5, 5.41) is 3.81. The zero-order valence-corrected chi connectivity index (χ0v) is 10.6. The molecule has 2 aromatic rings. The molecule has 0 bridgehead atoms. The van der Waals surface area contributed by atoms with Crippen LogP contribution >= 0.6 is 0 Å². The van der Waals surface area contributed by atoms with E-state index in [9.17, 15) is 13.2 Å². The van der Waals surface area contributed by atoms with Crippen molar-refractivity contribution in [3.8, 4) is 0 Å². The Labute approximate surface area is 113 Å². The SMILES string of the molecule is Nc1cnc2ccccc2c1NCCOCC(F)(F)F. The summed E-state index contributed by atoms with van der Waals surface area (Å²) in [6.45, 7) is -1.08. The Balaban J connectivity index is 1.98. The van der Waals surface area contributed by atoms with E-state index < -0.39 is 12.8 Å². The zero-order valence-electron chi connectivity index (χ0n) is 10.6. The van der Waals surface area contributed by atoms with Crippen LogP contribution in [0.1, 0.15) is 0 Å². The number of ether oxygens (including phenoxy) is 1. The van der Waals surface area contributed by atoms with Gasteiger partial charge >= 0.3 is 6.18 Å². The number of nitrogens with one attached hydrogen (secondary N) is 1. The molecular formula is C13H14F3N3O. The maximum atomic E-state index is 11.9. The molecule has 3 N–H and O–H groups in total. The summed E-state index contributed by atoms with van der Waals surface area (Å²) in [6.07, 6.45) is -2.79. The summed E-state index contributed by atoms with van der Waals surface area (Å²) in [6, 6.07) is 7.37. The van der Waals surface area contributed by atoms with Crippen molar-refractivity contribution in [1.82, 2.24) is 4.98 Å². The second-order valence-electron chi connectivity index (χ2n) is 4.20. The third-order valence-corrected chi connectivity index (χ3v) is 2.62. The quantitative estimate of drug-likeness (QED) is 0.829. The lowest BCUT2D eigenvalue weighted by Gasteiger charge is -2.13. The Hall–Kier alpha value is -2.02. The van der Waals surface area contributed by atoms with Crippen LogP contribution in [0.2, 0.25) is 0 Å². The molecule has 0 radical (unpaired) electrons. The monoisotopic (exact) mass is 285 g/mol. The van der Waals surface area contributed by atoms with Crippen molar-refractivity contribution >= 4 is 22.3 Å². The number of para-hydroxylation sites is 1. The molecule has 0 atom stereocenters. The maximum Gasteiger partial charge on any atom is 0.411 e. The second kappa shape index (κ2) is 5.96. The number of nitrogens with two attached hydrogens (primary N) is 1. The molecule has 0 fully saturated rings. The molecule has 1 aromatic carbocycles. The summed E-state index contributed by atoms with van der Waals surface area (Å²) in [5.41, 5.74) is 7.69. The van der Waals surface area contributed by atoms with Crippen molar-refractivity contribution in [2.75, 3.05) is 30.8 Å². The van der Waals surface area contributed by atoms with Gasteiger partial charge in [0, 0.05) is 11.9 Å². The van der Waals surface area contributed by atoms with Gasteiger partial charge in [-0.1, -0.05) is 18.2 Å². The fourth-order valence-electron chi connectivity index (χ4n) is 1.79. The first-order valence-electron chi connectivity index (χ1n) is 5.99. The highest BCUT2D eigenvalue weighted by Gasteiger charge is 2.27. The maximum absolute atomic E-state index is 11.9. The molecule has 108 valence electrons. The summed E-state index contributed by atoms with van der Waals surface area (Å²) < 4.78 is 40.2. The third kappa shape index (κ3) is 3.74. The second-order valence-corrected chi connectivity index (χ2v) is 4.20. The number of anilines is 2. The van der Waals surface area contributed by atoms with Crippen LogP contribution in [0.3, 0.4) is 0 Å². The van der Waals surface area contributed by atoms with Crippen molar-refractivity contribution < 1.29 is 17.9 Å². The van der Waals surface area contributed by atoms with Crippen LogP contribution in [-0.4, -0.2) is 30.9 Å². The number of alkyl halides is 3. The van der Waals surface area contributed by atoms with Crippen molar-refractivity contribution in [3.63, 3.8) is 0 Å². The lowest BCUT2D eigenvalue weighted by atomic mass is 10.1. The minimum atomic E-state index is -4.30. The van der Waals surface area contributed by atoms with E-state index in [0.29, 0.717) is 11.4 Å². The Morgan fingerprint density at radius 3 is 2.75 bits per heavy atom. The average Bonchev–Trinajstić information content (AvgIpc) is 2.39. The van der Waals surface area contributed by atoms with E-state index in [2.05, 4.69) is 15.0 Å². The third-order valence-electron chi connectivity index (χ3n) is 2.62. The van der Waals surface area contributed by atoms with E-state index in [-0.39, 0.29) is 13.2 Å². The van der Waals surface area contributed by atoms with Gasteiger partial charge in [0.15, 0.2) is 0 Å². The highest BCUT2D eigenvalue weighted by molar-refractivity contribution is 5.96. The van der Waals surface area contributed by atoms with E-state index >= 15 is 0 Å². The molecule has 1 aromatic heterocycles. The van der Waals surface area contributed by atoms with Crippen molar-refractivity contribution in [1.29, 1.82) is 0 Å². The molecule has 2 rings (SSSR count). The van der Waals surface area contributed by atoms with Crippen LogP contribution in [0.4, 0.5) is 24.5 Å². The molecule has 0 spiro atoms. The standard InChI is InChI=1S/C13H14F3N3O/c14-13(15,16)8-20-6-5-18-12-9-3-1-2-4-11(9)19-7-10(12)17/h1-4,7H,5-6,8,17H2,(H,18,19). The van der Waals surface area contributed by atoms with Crippen LogP contribution in [0.25, 0.3) is 10.9 Å². The lowest BCUT2D eigenvalue weighted by Crippen LogP contribution is -2.20. The number of pyridine rings is 1. The number of aromatic nitrogens is 1. The van der Waals surface area contributed by atoms with Gasteiger partial charge in [0.05, 0.1) is 29.7 Å². The molecule has 0 saturated carbocycles. The molecule has 4 nitrogen and oxygen atoms in total. The van der Waals surface area contributed by atoms with Gasteiger partial charge in [-0.25, -0.2) is 0 Å². The van der Waals surface area contributed by atoms with Gasteiger partial charge in [-0.3, -0.25) is 4.98 Å². The molecular weight excluding hydrogens is 271 g/mol. The number of halogens is 3. The van der Waals surface area contributed by atoms with Crippen LogP contribution in [0.15, 0.2) is 30.5 Å².